The van der Waals surface area contributed by atoms with Crippen LogP contribution in [-0.2, 0) is 7.05 Å². The van der Waals surface area contributed by atoms with E-state index in [9.17, 15) is 9.18 Å². The van der Waals surface area contributed by atoms with Gasteiger partial charge in [0.1, 0.15) is 11.5 Å². The minimum Gasteiger partial charge on any atom is -0.331 e. The van der Waals surface area contributed by atoms with Crippen LogP contribution < -0.4 is 10.9 Å². The molecule has 0 unspecified atom stereocenters. The van der Waals surface area contributed by atoms with Crippen molar-refractivity contribution in [3.05, 3.63) is 98.3 Å². The lowest BCUT2D eigenvalue weighted by Crippen LogP contribution is -2.21. The fourth-order valence-electron chi connectivity index (χ4n) is 4.33. The van der Waals surface area contributed by atoms with Gasteiger partial charge < -0.3 is 9.88 Å². The van der Waals surface area contributed by atoms with Crippen LogP contribution in [0.3, 0.4) is 0 Å². The van der Waals surface area contributed by atoms with Crippen LogP contribution in [0, 0.1) is 26.6 Å². The highest BCUT2D eigenvalue weighted by Gasteiger charge is 2.23. The molecule has 9 heteroatoms. The van der Waals surface area contributed by atoms with E-state index in [1.165, 1.54) is 23.5 Å². The summed E-state index contributed by atoms with van der Waals surface area (Å²) in [5, 5.41) is 5.85. The molecule has 0 aliphatic heterocycles. The number of hydrogen-bond acceptors (Lipinski definition) is 4. The monoisotopic (exact) mass is 507 g/mol. The molecule has 0 atom stereocenters. The van der Waals surface area contributed by atoms with Crippen molar-refractivity contribution >= 4 is 33.8 Å². The summed E-state index contributed by atoms with van der Waals surface area (Å²) in [5.41, 5.74) is 6.47. The second-order valence-corrected chi connectivity index (χ2v) is 9.59. The molecule has 35 heavy (non-hydrogen) atoms. The van der Waals surface area contributed by atoms with Gasteiger partial charge in [0.25, 0.3) is 5.56 Å². The maximum atomic E-state index is 13.6. The topological polar surface area (TPSA) is 56.8 Å². The van der Waals surface area contributed by atoms with Crippen LogP contribution in [0.1, 0.15) is 17.1 Å². The predicted molar refractivity (Wildman–Crippen MR) is 140 cm³/mol. The number of nitrogens with zero attached hydrogens (tertiary/aromatic N) is 4. The average molecular weight is 508 g/mol. The lowest BCUT2D eigenvalue weighted by molar-refractivity contribution is 0.628. The Bertz CT molecular complexity index is 1610. The van der Waals surface area contributed by atoms with E-state index in [2.05, 4.69) is 5.32 Å². The molecule has 5 aromatic rings. The van der Waals surface area contributed by atoms with Gasteiger partial charge in [-0.25, -0.2) is 14.1 Å². The number of nitrogens with one attached hydrogen (secondary N) is 1. The van der Waals surface area contributed by atoms with Gasteiger partial charge in [-0.15, -0.1) is 11.3 Å². The third-order valence-corrected chi connectivity index (χ3v) is 7.18. The fraction of sp³-hybridized carbons (Fsp3) is 0.154. The number of benzene rings is 2. The fourth-order valence-corrected chi connectivity index (χ4v) is 5.24. The van der Waals surface area contributed by atoms with Crippen LogP contribution in [0.15, 0.2) is 64.8 Å². The molecule has 0 saturated carbocycles. The van der Waals surface area contributed by atoms with Crippen LogP contribution in [0.25, 0.3) is 22.6 Å². The van der Waals surface area contributed by atoms with E-state index in [4.69, 9.17) is 16.6 Å². The summed E-state index contributed by atoms with van der Waals surface area (Å²) in [6.45, 7) is 5.93. The molecule has 5 rings (SSSR count). The molecule has 0 aliphatic rings. The van der Waals surface area contributed by atoms with Gasteiger partial charge in [0.15, 0.2) is 5.13 Å². The van der Waals surface area contributed by atoms with Crippen molar-refractivity contribution in [1.29, 1.82) is 0 Å². The van der Waals surface area contributed by atoms with Crippen molar-refractivity contribution in [2.24, 2.45) is 7.05 Å². The molecule has 2 aromatic carbocycles. The second-order valence-electron chi connectivity index (χ2n) is 8.32. The number of thiazole rings is 1. The molecule has 0 bridgehead atoms. The van der Waals surface area contributed by atoms with Gasteiger partial charge in [0, 0.05) is 35.1 Å². The Labute approximate surface area is 210 Å². The van der Waals surface area contributed by atoms with Crippen LogP contribution >= 0.6 is 22.9 Å². The minimum atomic E-state index is -0.466. The second kappa shape index (κ2) is 8.87. The van der Waals surface area contributed by atoms with E-state index in [0.717, 1.165) is 34.0 Å². The molecule has 0 saturated heterocycles. The van der Waals surface area contributed by atoms with Gasteiger partial charge in [-0.3, -0.25) is 9.48 Å². The Kier molecular flexibility index (Phi) is 5.86. The van der Waals surface area contributed by atoms with Crippen LogP contribution in [0.4, 0.5) is 15.2 Å². The van der Waals surface area contributed by atoms with Crippen LogP contribution in [0.5, 0.6) is 0 Å². The number of halogens is 2. The van der Waals surface area contributed by atoms with Gasteiger partial charge in [-0.2, -0.15) is 0 Å². The first-order valence-electron chi connectivity index (χ1n) is 11.0. The van der Waals surface area contributed by atoms with E-state index in [1.54, 1.807) is 10.7 Å². The summed E-state index contributed by atoms with van der Waals surface area (Å²) in [6.07, 6.45) is 0. The zero-order chi connectivity index (χ0) is 24.9. The van der Waals surface area contributed by atoms with Crippen molar-refractivity contribution < 1.29 is 4.39 Å². The summed E-state index contributed by atoms with van der Waals surface area (Å²) < 4.78 is 19.0. The molecule has 0 aliphatic carbocycles. The quantitative estimate of drug-likeness (QED) is 0.293. The number of rotatable bonds is 5. The normalized spacial score (nSPS) is 11.3. The molecule has 6 nitrogen and oxygen atoms in total. The summed E-state index contributed by atoms with van der Waals surface area (Å²) in [4.78, 5) is 18.3. The average Bonchev–Trinajstić information content (AvgIpc) is 3.47. The van der Waals surface area contributed by atoms with Gasteiger partial charge in [0.2, 0.25) is 0 Å². The van der Waals surface area contributed by atoms with Gasteiger partial charge in [0.05, 0.1) is 22.1 Å². The van der Waals surface area contributed by atoms with Crippen molar-refractivity contribution in [3.63, 3.8) is 0 Å². The number of para-hydroxylation sites is 1. The molecule has 0 spiro atoms. The van der Waals surface area contributed by atoms with E-state index < -0.39 is 5.82 Å². The van der Waals surface area contributed by atoms with Gasteiger partial charge >= 0.3 is 0 Å². The Morgan fingerprint density at radius 1 is 1.03 bits per heavy atom. The van der Waals surface area contributed by atoms with E-state index in [0.29, 0.717) is 16.5 Å². The van der Waals surface area contributed by atoms with Crippen molar-refractivity contribution in [1.82, 2.24) is 18.9 Å². The lowest BCUT2D eigenvalue weighted by Gasteiger charge is -2.08. The molecule has 178 valence electrons. The summed E-state index contributed by atoms with van der Waals surface area (Å²) >= 11 is 7.33. The molecule has 3 heterocycles. The molecule has 3 aromatic heterocycles. The molecular weight excluding hydrogens is 485 g/mol. The summed E-state index contributed by atoms with van der Waals surface area (Å²) in [5.74, 6) is -0.466. The van der Waals surface area contributed by atoms with E-state index in [1.807, 2.05) is 78.8 Å². The van der Waals surface area contributed by atoms with Gasteiger partial charge in [-0.1, -0.05) is 29.8 Å². The number of anilines is 2. The Balaban J connectivity index is 1.54. The Hall–Kier alpha value is -3.62. The lowest BCUT2D eigenvalue weighted by atomic mass is 10.2. The molecule has 1 N–H and O–H groups in total. The first kappa shape index (κ1) is 23.1. The van der Waals surface area contributed by atoms with Gasteiger partial charge in [-0.05, 0) is 57.2 Å². The molecular formula is C26H23ClFN5OS. The van der Waals surface area contributed by atoms with E-state index in [-0.39, 0.29) is 10.6 Å². The van der Waals surface area contributed by atoms with Crippen LogP contribution in [-0.4, -0.2) is 18.9 Å². The number of aromatic nitrogens is 4. The van der Waals surface area contributed by atoms with Crippen molar-refractivity contribution in [2.75, 3.05) is 5.32 Å². The minimum absolute atomic E-state index is 0.0507. The smallest absolute Gasteiger partial charge is 0.295 e. The Morgan fingerprint density at radius 2 is 1.77 bits per heavy atom. The highest BCUT2D eigenvalue weighted by molar-refractivity contribution is 7.14. The molecule has 0 radical (unpaired) electrons. The maximum absolute atomic E-state index is 13.6. The molecule has 0 fully saturated rings. The first-order valence-corrected chi connectivity index (χ1v) is 12.2. The highest BCUT2D eigenvalue weighted by atomic mass is 35.5. The zero-order valence-electron chi connectivity index (χ0n) is 19.6. The standard InChI is InChI=1S/C26H23ClFN5OS/c1-15-12-20(23-14-35-26(30-23)29-18-10-11-22(28)21(27)13-18)16(2)32(15)24-17(3)31(4)33(25(24)34)19-8-6-5-7-9-19/h5-14H,1-4H3,(H,29,30). The molecule has 0 amide bonds. The summed E-state index contributed by atoms with van der Waals surface area (Å²) in [7, 11) is 1.89. The Morgan fingerprint density at radius 3 is 2.49 bits per heavy atom. The number of hydrogen-bond donors (Lipinski definition) is 1. The van der Waals surface area contributed by atoms with Crippen molar-refractivity contribution in [3.8, 4) is 22.6 Å². The third-order valence-electron chi connectivity index (χ3n) is 6.13. The SMILES string of the molecule is Cc1cc(-c2csc(Nc3ccc(F)c(Cl)c3)n2)c(C)n1-c1c(C)n(C)n(-c2ccccc2)c1=O. The third kappa shape index (κ3) is 3.98. The maximum Gasteiger partial charge on any atom is 0.295 e. The van der Waals surface area contributed by atoms with Crippen LogP contribution in [0.2, 0.25) is 5.02 Å². The number of aryl methyl sites for hydroxylation is 1. The largest absolute Gasteiger partial charge is 0.331 e. The van der Waals surface area contributed by atoms with E-state index >= 15 is 0 Å². The zero-order valence-corrected chi connectivity index (χ0v) is 21.2. The first-order chi connectivity index (χ1) is 16.8. The van der Waals surface area contributed by atoms with Crippen molar-refractivity contribution in [2.45, 2.75) is 20.8 Å². The predicted octanol–water partition coefficient (Wildman–Crippen LogP) is 6.55. The highest BCUT2D eigenvalue weighted by Crippen LogP contribution is 2.33. The summed E-state index contributed by atoms with van der Waals surface area (Å²) in [6, 6.07) is 16.1.